The highest BCUT2D eigenvalue weighted by Gasteiger charge is 2.35. The molecule has 0 aliphatic carbocycles. The van der Waals surface area contributed by atoms with Gasteiger partial charge in [-0.1, -0.05) is 25.0 Å². The Hall–Kier alpha value is -1.28. The van der Waals surface area contributed by atoms with Crippen molar-refractivity contribution in [2.75, 3.05) is 13.1 Å². The molecule has 0 bridgehead atoms. The van der Waals surface area contributed by atoms with Crippen molar-refractivity contribution in [3.8, 4) is 5.75 Å². The molecule has 0 N–H and O–H groups in total. The molecule has 1 aromatic rings. The minimum Gasteiger partial charge on any atom is -0.404 e. The molecule has 0 spiro atoms. The van der Waals surface area contributed by atoms with Gasteiger partial charge in [-0.3, -0.25) is 0 Å². The van der Waals surface area contributed by atoms with Gasteiger partial charge in [0.1, 0.15) is 10.6 Å². The molecule has 2 rings (SSSR count). The maximum atomic E-state index is 12.5. The van der Waals surface area contributed by atoms with Crippen LogP contribution in [0.1, 0.15) is 25.7 Å². The van der Waals surface area contributed by atoms with Gasteiger partial charge in [0.05, 0.1) is 0 Å². The first-order valence-electron chi connectivity index (χ1n) is 6.66. The first kappa shape index (κ1) is 16.1. The zero-order chi connectivity index (χ0) is 15.5. The fourth-order valence-electron chi connectivity index (χ4n) is 2.29. The second-order valence-corrected chi connectivity index (χ2v) is 6.72. The molecule has 0 atom stereocenters. The summed E-state index contributed by atoms with van der Waals surface area (Å²) in [5.74, 6) is -0.686. The van der Waals surface area contributed by atoms with Crippen molar-refractivity contribution in [1.29, 1.82) is 0 Å². The molecule has 0 amide bonds. The summed E-state index contributed by atoms with van der Waals surface area (Å²) in [6, 6.07) is 4.84. The summed E-state index contributed by atoms with van der Waals surface area (Å²) in [6.07, 6.45) is -1.66. The molecular weight excluding hydrogens is 307 g/mol. The third-order valence-electron chi connectivity index (χ3n) is 3.26. The largest absolute Gasteiger partial charge is 0.573 e. The Morgan fingerprint density at radius 3 is 2.14 bits per heavy atom. The Balaban J connectivity index is 2.35. The Morgan fingerprint density at radius 2 is 1.57 bits per heavy atom. The SMILES string of the molecule is O=S(=O)(c1ccccc1OC(F)(F)F)N1CCCCCC1. The minimum atomic E-state index is -4.93. The smallest absolute Gasteiger partial charge is 0.404 e. The number of alkyl halides is 3. The molecule has 8 heteroatoms. The van der Waals surface area contributed by atoms with Crippen molar-refractivity contribution in [3.05, 3.63) is 24.3 Å². The van der Waals surface area contributed by atoms with Crippen LogP contribution in [0.3, 0.4) is 0 Å². The van der Waals surface area contributed by atoms with Crippen molar-refractivity contribution in [2.45, 2.75) is 36.9 Å². The second-order valence-electron chi connectivity index (χ2n) is 4.81. The van der Waals surface area contributed by atoms with Crippen LogP contribution in [0.2, 0.25) is 0 Å². The van der Waals surface area contributed by atoms with E-state index in [0.29, 0.717) is 25.9 Å². The predicted octanol–water partition coefficient (Wildman–Crippen LogP) is 3.15. The van der Waals surface area contributed by atoms with Gasteiger partial charge in [0.2, 0.25) is 10.0 Å². The first-order valence-corrected chi connectivity index (χ1v) is 8.10. The molecule has 1 heterocycles. The lowest BCUT2D eigenvalue weighted by molar-refractivity contribution is -0.275. The second kappa shape index (κ2) is 6.23. The highest BCUT2D eigenvalue weighted by atomic mass is 32.2. The number of benzene rings is 1. The summed E-state index contributed by atoms with van der Waals surface area (Å²) < 4.78 is 67.3. The molecule has 1 fully saturated rings. The van der Waals surface area contributed by atoms with Crippen molar-refractivity contribution < 1.29 is 26.3 Å². The number of hydrogen-bond acceptors (Lipinski definition) is 3. The molecule has 4 nitrogen and oxygen atoms in total. The molecule has 1 aliphatic rings. The zero-order valence-electron chi connectivity index (χ0n) is 11.3. The van der Waals surface area contributed by atoms with Crippen LogP contribution in [0.25, 0.3) is 0 Å². The highest BCUT2D eigenvalue weighted by molar-refractivity contribution is 7.89. The van der Waals surface area contributed by atoms with Crippen molar-refractivity contribution in [1.82, 2.24) is 4.31 Å². The Kier molecular flexibility index (Phi) is 4.77. The number of sulfonamides is 1. The maximum Gasteiger partial charge on any atom is 0.573 e. The number of ether oxygens (including phenoxy) is 1. The van der Waals surface area contributed by atoms with Crippen LogP contribution < -0.4 is 4.74 Å². The lowest BCUT2D eigenvalue weighted by atomic mass is 10.2. The first-order chi connectivity index (χ1) is 9.81. The summed E-state index contributed by atoms with van der Waals surface area (Å²) in [5, 5.41) is 0. The van der Waals surface area contributed by atoms with Crippen LogP contribution >= 0.6 is 0 Å². The van der Waals surface area contributed by atoms with E-state index in [9.17, 15) is 21.6 Å². The van der Waals surface area contributed by atoms with E-state index < -0.39 is 27.0 Å². The van der Waals surface area contributed by atoms with Gasteiger partial charge < -0.3 is 4.74 Å². The van der Waals surface area contributed by atoms with Gasteiger partial charge in [-0.2, -0.15) is 4.31 Å². The fourth-order valence-corrected chi connectivity index (χ4v) is 3.92. The van der Waals surface area contributed by atoms with E-state index in [-0.39, 0.29) is 0 Å². The maximum absolute atomic E-state index is 12.5. The normalized spacial score (nSPS) is 18.2. The van der Waals surface area contributed by atoms with Crippen LogP contribution in [0.5, 0.6) is 5.75 Å². The Bertz CT molecular complexity index is 579. The number of rotatable bonds is 3. The van der Waals surface area contributed by atoms with E-state index in [2.05, 4.69) is 4.74 Å². The monoisotopic (exact) mass is 323 g/mol. The standard InChI is InChI=1S/C13H16F3NO3S/c14-13(15,16)20-11-7-3-4-8-12(11)21(18,19)17-9-5-1-2-6-10-17/h3-4,7-8H,1-2,5-6,9-10H2. The van der Waals surface area contributed by atoms with Gasteiger partial charge in [0.15, 0.2) is 0 Å². The Morgan fingerprint density at radius 1 is 1.00 bits per heavy atom. The van der Waals surface area contributed by atoms with E-state index in [1.165, 1.54) is 16.4 Å². The van der Waals surface area contributed by atoms with Gasteiger partial charge >= 0.3 is 6.36 Å². The number of halogens is 3. The van der Waals surface area contributed by atoms with Crippen LogP contribution in [0.4, 0.5) is 13.2 Å². The molecule has 21 heavy (non-hydrogen) atoms. The zero-order valence-corrected chi connectivity index (χ0v) is 12.1. The molecule has 1 aromatic carbocycles. The number of para-hydroxylation sites is 1. The summed E-state index contributed by atoms with van der Waals surface area (Å²) in [6.45, 7) is 0.644. The van der Waals surface area contributed by atoms with Crippen LogP contribution in [0.15, 0.2) is 29.2 Å². The molecule has 0 radical (unpaired) electrons. The molecule has 0 aromatic heterocycles. The van der Waals surface area contributed by atoms with Crippen molar-refractivity contribution in [2.24, 2.45) is 0 Å². The molecular formula is C13H16F3NO3S. The third-order valence-corrected chi connectivity index (χ3v) is 5.20. The minimum absolute atomic E-state index is 0.322. The summed E-state index contributed by atoms with van der Waals surface area (Å²) in [5.41, 5.74) is 0. The molecule has 1 saturated heterocycles. The van der Waals surface area contributed by atoms with Gasteiger partial charge in [-0.05, 0) is 25.0 Å². The van der Waals surface area contributed by atoms with Gasteiger partial charge in [0.25, 0.3) is 0 Å². The van der Waals surface area contributed by atoms with E-state index >= 15 is 0 Å². The number of nitrogens with zero attached hydrogens (tertiary/aromatic N) is 1. The van der Waals surface area contributed by atoms with Crippen LogP contribution in [-0.2, 0) is 10.0 Å². The van der Waals surface area contributed by atoms with E-state index in [1.807, 2.05) is 0 Å². The average molecular weight is 323 g/mol. The number of hydrogen-bond donors (Lipinski definition) is 0. The Labute approximate surface area is 121 Å². The van der Waals surface area contributed by atoms with Crippen LogP contribution in [0, 0.1) is 0 Å². The van der Waals surface area contributed by atoms with Gasteiger partial charge in [-0.15, -0.1) is 13.2 Å². The van der Waals surface area contributed by atoms with Gasteiger partial charge in [-0.25, -0.2) is 8.42 Å². The van der Waals surface area contributed by atoms with E-state index in [0.717, 1.165) is 25.0 Å². The van der Waals surface area contributed by atoms with Crippen molar-refractivity contribution >= 4 is 10.0 Å². The topological polar surface area (TPSA) is 46.6 Å². The molecule has 1 aliphatic heterocycles. The van der Waals surface area contributed by atoms with Gasteiger partial charge in [0, 0.05) is 13.1 Å². The molecule has 0 saturated carbocycles. The highest BCUT2D eigenvalue weighted by Crippen LogP contribution is 2.32. The summed E-state index contributed by atoms with van der Waals surface area (Å²) >= 11 is 0. The summed E-state index contributed by atoms with van der Waals surface area (Å²) in [4.78, 5) is -0.441. The van der Waals surface area contributed by atoms with Crippen molar-refractivity contribution in [3.63, 3.8) is 0 Å². The average Bonchev–Trinajstić information content (AvgIpc) is 2.66. The quantitative estimate of drug-likeness (QED) is 0.858. The lowest BCUT2D eigenvalue weighted by Gasteiger charge is -2.21. The van der Waals surface area contributed by atoms with E-state index in [4.69, 9.17) is 0 Å². The van der Waals surface area contributed by atoms with E-state index in [1.54, 1.807) is 0 Å². The van der Waals surface area contributed by atoms with Crippen LogP contribution in [-0.4, -0.2) is 32.2 Å². The third kappa shape index (κ3) is 4.10. The predicted molar refractivity (Wildman–Crippen MR) is 70.4 cm³/mol. The summed E-state index contributed by atoms with van der Waals surface area (Å²) in [7, 11) is -3.98. The molecule has 0 unspecified atom stereocenters. The molecule has 118 valence electrons. The lowest BCUT2D eigenvalue weighted by Crippen LogP contribution is -2.32. The fraction of sp³-hybridized carbons (Fsp3) is 0.538.